The van der Waals surface area contributed by atoms with Crippen LogP contribution in [0.25, 0.3) is 56.0 Å². The highest BCUT2D eigenvalue weighted by atomic mass is 19.1. The molecule has 6 rings (SSSR count). The molecule has 0 atom stereocenters. The van der Waals surface area contributed by atoms with Crippen molar-refractivity contribution in [3.8, 4) is 33.9 Å². The third-order valence-electron chi connectivity index (χ3n) is 6.21. The predicted molar refractivity (Wildman–Crippen MR) is 143 cm³/mol. The predicted octanol–water partition coefficient (Wildman–Crippen LogP) is 5.89. The summed E-state index contributed by atoms with van der Waals surface area (Å²) in [5.74, 6) is -0.719. The molecule has 11 heteroatoms. The Bertz CT molecular complexity index is 1860. The summed E-state index contributed by atoms with van der Waals surface area (Å²) in [5.41, 5.74) is 3.25. The Morgan fingerprint density at radius 3 is 2.69 bits per heavy atom. The number of rotatable bonds is 6. The fraction of sp³-hybridized carbons (Fsp3) is 0.143. The second kappa shape index (κ2) is 9.67. The molecule has 9 nitrogen and oxygen atoms in total. The van der Waals surface area contributed by atoms with Crippen LogP contribution in [0.1, 0.15) is 20.3 Å². The van der Waals surface area contributed by atoms with Crippen molar-refractivity contribution in [1.29, 1.82) is 0 Å². The van der Waals surface area contributed by atoms with Crippen molar-refractivity contribution >= 4 is 33.7 Å². The summed E-state index contributed by atoms with van der Waals surface area (Å²) < 4.78 is 30.6. The largest absolute Gasteiger partial charge is 0.335 e. The Labute approximate surface area is 220 Å². The van der Waals surface area contributed by atoms with Crippen molar-refractivity contribution in [1.82, 2.24) is 35.1 Å². The molecule has 0 fully saturated rings. The summed E-state index contributed by atoms with van der Waals surface area (Å²) in [7, 11) is 0. The van der Waals surface area contributed by atoms with E-state index < -0.39 is 5.82 Å². The molecule has 1 amide bonds. The first-order chi connectivity index (χ1) is 18.9. The van der Waals surface area contributed by atoms with Gasteiger partial charge in [0.1, 0.15) is 17.2 Å². The van der Waals surface area contributed by atoms with Crippen molar-refractivity contribution in [2.75, 3.05) is 5.32 Å². The van der Waals surface area contributed by atoms with Crippen molar-refractivity contribution < 1.29 is 13.6 Å². The minimum absolute atomic E-state index is 0.0406. The van der Waals surface area contributed by atoms with Crippen molar-refractivity contribution in [3.63, 3.8) is 0 Å². The molecule has 0 bridgehead atoms. The van der Waals surface area contributed by atoms with Crippen molar-refractivity contribution in [2.24, 2.45) is 5.92 Å². The number of aromatic nitrogens is 7. The molecule has 0 unspecified atom stereocenters. The minimum Gasteiger partial charge on any atom is -0.335 e. The number of carbonyl (C=O) groups excluding carboxylic acids is 1. The van der Waals surface area contributed by atoms with Crippen LogP contribution in [0.5, 0.6) is 0 Å². The van der Waals surface area contributed by atoms with Gasteiger partial charge >= 0.3 is 0 Å². The van der Waals surface area contributed by atoms with Gasteiger partial charge in [-0.3, -0.25) is 19.9 Å². The van der Waals surface area contributed by atoms with Gasteiger partial charge in [0.05, 0.1) is 34.5 Å². The number of aromatic amines is 2. The minimum atomic E-state index is -0.633. The molecule has 6 aromatic rings. The number of imidazole rings is 1. The maximum Gasteiger partial charge on any atom is 0.224 e. The lowest BCUT2D eigenvalue weighted by Gasteiger charge is -2.09. The zero-order valence-corrected chi connectivity index (χ0v) is 21.0. The van der Waals surface area contributed by atoms with E-state index in [1.165, 1.54) is 24.7 Å². The molecular formula is C28H22F2N8O. The Morgan fingerprint density at radius 2 is 1.87 bits per heavy atom. The number of amides is 1. The van der Waals surface area contributed by atoms with Gasteiger partial charge in [-0.05, 0) is 24.1 Å². The molecule has 5 aromatic heterocycles. The summed E-state index contributed by atoms with van der Waals surface area (Å²) in [6.07, 6.45) is 6.34. The Kier molecular flexibility index (Phi) is 6.02. The van der Waals surface area contributed by atoms with Crippen LogP contribution in [0, 0.1) is 17.6 Å². The Hall–Kier alpha value is -5.06. The maximum atomic E-state index is 16.0. The maximum absolute atomic E-state index is 16.0. The molecule has 3 N–H and O–H groups in total. The number of pyridine rings is 3. The summed E-state index contributed by atoms with van der Waals surface area (Å²) in [5, 5.41) is 10.0. The van der Waals surface area contributed by atoms with E-state index in [4.69, 9.17) is 0 Å². The second-order valence-corrected chi connectivity index (χ2v) is 9.51. The number of benzene rings is 1. The highest BCUT2D eigenvalue weighted by Crippen LogP contribution is 2.34. The van der Waals surface area contributed by atoms with Crippen molar-refractivity contribution in [2.45, 2.75) is 20.3 Å². The molecule has 5 heterocycles. The summed E-state index contributed by atoms with van der Waals surface area (Å²) >= 11 is 0. The van der Waals surface area contributed by atoms with Crippen LogP contribution in [-0.2, 0) is 4.79 Å². The highest BCUT2D eigenvalue weighted by Gasteiger charge is 2.22. The Morgan fingerprint density at radius 1 is 1.03 bits per heavy atom. The van der Waals surface area contributed by atoms with Crippen molar-refractivity contribution in [3.05, 3.63) is 72.8 Å². The molecule has 0 spiro atoms. The lowest BCUT2D eigenvalue weighted by molar-refractivity contribution is -0.116. The molecule has 0 saturated heterocycles. The van der Waals surface area contributed by atoms with E-state index >= 15 is 4.39 Å². The van der Waals surface area contributed by atoms with E-state index in [9.17, 15) is 9.18 Å². The molecule has 39 heavy (non-hydrogen) atoms. The van der Waals surface area contributed by atoms with Crippen LogP contribution in [0.2, 0.25) is 0 Å². The first-order valence-electron chi connectivity index (χ1n) is 12.3. The molecule has 0 aliphatic heterocycles. The molecule has 0 radical (unpaired) electrons. The van der Waals surface area contributed by atoms with Crippen LogP contribution in [0.4, 0.5) is 14.5 Å². The zero-order valence-electron chi connectivity index (χ0n) is 21.0. The van der Waals surface area contributed by atoms with Gasteiger partial charge < -0.3 is 10.3 Å². The van der Waals surface area contributed by atoms with E-state index in [-0.39, 0.29) is 40.2 Å². The third-order valence-corrected chi connectivity index (χ3v) is 6.21. The number of halogens is 2. The molecule has 0 aliphatic rings. The van der Waals surface area contributed by atoms with Crippen LogP contribution in [0.3, 0.4) is 0 Å². The summed E-state index contributed by atoms with van der Waals surface area (Å²) in [4.78, 5) is 32.6. The van der Waals surface area contributed by atoms with E-state index in [1.807, 2.05) is 13.8 Å². The molecule has 0 aliphatic carbocycles. The van der Waals surface area contributed by atoms with E-state index in [0.29, 0.717) is 45.5 Å². The third kappa shape index (κ3) is 4.48. The SMILES string of the molecule is CC(C)CC(=O)Nc1cncc(-c2ncc3[nH]nc(-c4nc5nccc(-c6ccccc6F)c5[nH]4)c3c2F)c1. The number of hydrogen-bond donors (Lipinski definition) is 3. The second-order valence-electron chi connectivity index (χ2n) is 9.51. The van der Waals surface area contributed by atoms with Crippen LogP contribution in [-0.4, -0.2) is 41.0 Å². The number of nitrogens with one attached hydrogen (secondary N) is 3. The van der Waals surface area contributed by atoms with Gasteiger partial charge in [0, 0.05) is 35.5 Å². The van der Waals surface area contributed by atoms with E-state index in [0.717, 1.165) is 0 Å². The first-order valence-corrected chi connectivity index (χ1v) is 12.3. The van der Waals surface area contributed by atoms with Gasteiger partial charge in [-0.25, -0.2) is 18.7 Å². The first kappa shape index (κ1) is 24.3. The monoisotopic (exact) mass is 524 g/mol. The van der Waals surface area contributed by atoms with E-state index in [1.54, 1.807) is 36.5 Å². The lowest BCUT2D eigenvalue weighted by atomic mass is 10.1. The zero-order chi connectivity index (χ0) is 27.1. The average molecular weight is 525 g/mol. The molecule has 1 aromatic carbocycles. The van der Waals surface area contributed by atoms with E-state index in [2.05, 4.69) is 40.4 Å². The Balaban J connectivity index is 1.43. The quantitative estimate of drug-likeness (QED) is 0.250. The number of hydrogen-bond acceptors (Lipinski definition) is 6. The molecular weight excluding hydrogens is 502 g/mol. The topological polar surface area (TPSA) is 125 Å². The number of H-pyrrole nitrogens is 2. The van der Waals surface area contributed by atoms with Gasteiger partial charge in [-0.2, -0.15) is 5.10 Å². The smallest absolute Gasteiger partial charge is 0.224 e. The van der Waals surface area contributed by atoms with Crippen LogP contribution in [0.15, 0.2) is 61.2 Å². The number of fused-ring (bicyclic) bond motifs is 2. The lowest BCUT2D eigenvalue weighted by Crippen LogP contribution is -2.14. The van der Waals surface area contributed by atoms with Gasteiger partial charge in [0.15, 0.2) is 17.3 Å². The van der Waals surface area contributed by atoms with Gasteiger partial charge in [-0.1, -0.05) is 32.0 Å². The van der Waals surface area contributed by atoms with Gasteiger partial charge in [0.2, 0.25) is 5.91 Å². The standard InChI is InChI=1S/C28H22F2N8O/c1-14(2)9-21(39)34-16-10-15(11-31-12-16)24-23(30)22-20(13-33-24)37-38-26(22)28-35-25-18(7-8-32-27(25)36-28)17-5-3-4-6-19(17)29/h3-8,10-14H,9H2,1-2H3,(H,34,39)(H,37,38)(H,32,35,36). The number of anilines is 1. The average Bonchev–Trinajstić information content (AvgIpc) is 3.53. The van der Waals surface area contributed by atoms with Crippen LogP contribution >= 0.6 is 0 Å². The number of nitrogens with zero attached hydrogens (tertiary/aromatic N) is 5. The molecule has 194 valence electrons. The normalized spacial score (nSPS) is 11.5. The summed E-state index contributed by atoms with van der Waals surface area (Å²) in [6.45, 7) is 3.90. The molecule has 0 saturated carbocycles. The fourth-order valence-corrected chi connectivity index (χ4v) is 4.50. The van der Waals surface area contributed by atoms with Gasteiger partial charge in [-0.15, -0.1) is 0 Å². The number of carbonyl (C=O) groups is 1. The summed E-state index contributed by atoms with van der Waals surface area (Å²) in [6, 6.07) is 9.71. The highest BCUT2D eigenvalue weighted by molar-refractivity contribution is 5.97. The van der Waals surface area contributed by atoms with Gasteiger partial charge in [0.25, 0.3) is 0 Å². The van der Waals surface area contributed by atoms with Crippen LogP contribution < -0.4 is 5.32 Å². The fourth-order valence-electron chi connectivity index (χ4n) is 4.50.